The van der Waals surface area contributed by atoms with Crippen LogP contribution in [0.25, 0.3) is 0 Å². The Kier molecular flexibility index (Phi) is 7.77. The summed E-state index contributed by atoms with van der Waals surface area (Å²) in [7, 11) is 0. The van der Waals surface area contributed by atoms with Gasteiger partial charge in [-0.05, 0) is 48.2 Å². The Hall–Kier alpha value is -3.42. The molecule has 7 nitrogen and oxygen atoms in total. The molecule has 2 heterocycles. The number of carbonyl (C=O) groups excluding carboxylic acids is 2. The van der Waals surface area contributed by atoms with Crippen LogP contribution in [0.4, 0.5) is 16.3 Å². The lowest BCUT2D eigenvalue weighted by molar-refractivity contribution is 0.102. The van der Waals surface area contributed by atoms with Crippen molar-refractivity contribution in [2.75, 3.05) is 23.7 Å². The number of pyridine rings is 1. The molecule has 0 saturated carbocycles. The smallest absolute Gasteiger partial charge is 0.319 e. The number of piperidine rings is 1. The highest BCUT2D eigenvalue weighted by atomic mass is 35.5. The second kappa shape index (κ2) is 11.1. The van der Waals surface area contributed by atoms with Gasteiger partial charge < -0.3 is 16.0 Å². The molecule has 1 saturated heterocycles. The molecule has 3 N–H and O–H groups in total. The minimum Gasteiger partial charge on any atom is -0.334 e. The Bertz CT molecular complexity index is 1120. The quantitative estimate of drug-likeness (QED) is 0.465. The van der Waals surface area contributed by atoms with Crippen molar-refractivity contribution >= 4 is 35.0 Å². The molecule has 176 valence electrons. The summed E-state index contributed by atoms with van der Waals surface area (Å²) in [5, 5.41) is 9.16. The van der Waals surface area contributed by atoms with Crippen LogP contribution in [-0.2, 0) is 6.54 Å². The molecule has 2 unspecified atom stereocenters. The predicted molar refractivity (Wildman–Crippen MR) is 135 cm³/mol. The Morgan fingerprint density at radius 2 is 1.85 bits per heavy atom. The molecule has 1 fully saturated rings. The average Bonchev–Trinajstić information content (AvgIpc) is 2.81. The fourth-order valence-corrected chi connectivity index (χ4v) is 4.38. The number of benzene rings is 2. The first-order valence-corrected chi connectivity index (χ1v) is 11.7. The molecule has 3 aromatic rings. The van der Waals surface area contributed by atoms with Crippen molar-refractivity contribution in [2.24, 2.45) is 5.92 Å². The molecule has 34 heavy (non-hydrogen) atoms. The van der Waals surface area contributed by atoms with Crippen molar-refractivity contribution in [3.8, 4) is 0 Å². The first-order chi connectivity index (χ1) is 16.4. The van der Waals surface area contributed by atoms with Crippen LogP contribution in [0.5, 0.6) is 0 Å². The number of amides is 3. The van der Waals surface area contributed by atoms with E-state index in [4.69, 9.17) is 11.6 Å². The lowest BCUT2D eigenvalue weighted by Gasteiger charge is -2.36. The number of anilines is 2. The van der Waals surface area contributed by atoms with Gasteiger partial charge in [0.05, 0.1) is 5.02 Å². The molecule has 0 spiro atoms. The van der Waals surface area contributed by atoms with Crippen molar-refractivity contribution in [3.63, 3.8) is 0 Å². The van der Waals surface area contributed by atoms with Gasteiger partial charge in [-0.2, -0.15) is 0 Å². The zero-order valence-electron chi connectivity index (χ0n) is 19.0. The number of nitrogens with zero attached hydrogens (tertiary/aromatic N) is 2. The highest BCUT2D eigenvalue weighted by molar-refractivity contribution is 6.30. The van der Waals surface area contributed by atoms with Gasteiger partial charge in [0.25, 0.3) is 5.91 Å². The molecule has 3 amide bonds. The summed E-state index contributed by atoms with van der Waals surface area (Å²) in [5.41, 5.74) is 2.22. The van der Waals surface area contributed by atoms with E-state index in [1.54, 1.807) is 36.4 Å². The van der Waals surface area contributed by atoms with E-state index >= 15 is 0 Å². The van der Waals surface area contributed by atoms with Crippen molar-refractivity contribution in [1.82, 2.24) is 15.2 Å². The van der Waals surface area contributed by atoms with Gasteiger partial charge >= 0.3 is 6.03 Å². The Balaban J connectivity index is 1.32. The number of carbonyl (C=O) groups is 2. The topological polar surface area (TPSA) is 86.4 Å². The van der Waals surface area contributed by atoms with Crippen LogP contribution in [0.3, 0.4) is 0 Å². The number of urea groups is 1. The zero-order chi connectivity index (χ0) is 23.9. The molecule has 0 bridgehead atoms. The van der Waals surface area contributed by atoms with Crippen LogP contribution < -0.4 is 16.0 Å². The second-order valence-electron chi connectivity index (χ2n) is 8.71. The third-order valence-electron chi connectivity index (χ3n) is 5.67. The maximum atomic E-state index is 12.7. The molecule has 1 aliphatic rings. The highest BCUT2D eigenvalue weighted by Gasteiger charge is 2.26. The van der Waals surface area contributed by atoms with E-state index in [0.29, 0.717) is 28.0 Å². The second-order valence-corrected chi connectivity index (χ2v) is 9.15. The molecular formula is C26H28ClN5O2. The van der Waals surface area contributed by atoms with E-state index in [1.807, 2.05) is 18.2 Å². The SMILES string of the molecule is CC1CC(NC(=O)Nc2cccc(C(=O)Nc3ccc(Cl)cn3)c2)CN(Cc2ccccc2)C1. The monoisotopic (exact) mass is 477 g/mol. The molecule has 0 aliphatic carbocycles. The Morgan fingerprint density at radius 1 is 1.03 bits per heavy atom. The van der Waals surface area contributed by atoms with E-state index in [-0.39, 0.29) is 18.0 Å². The maximum absolute atomic E-state index is 12.7. The van der Waals surface area contributed by atoms with Crippen molar-refractivity contribution in [2.45, 2.75) is 25.9 Å². The van der Waals surface area contributed by atoms with Gasteiger partial charge in [0.15, 0.2) is 0 Å². The molecule has 0 radical (unpaired) electrons. The number of likely N-dealkylation sites (tertiary alicyclic amines) is 1. The Labute approximate surface area is 204 Å². The van der Waals surface area contributed by atoms with Gasteiger partial charge in [0.2, 0.25) is 0 Å². The van der Waals surface area contributed by atoms with Crippen LogP contribution in [0.15, 0.2) is 72.9 Å². The van der Waals surface area contributed by atoms with Gasteiger partial charge in [-0.3, -0.25) is 9.69 Å². The lowest BCUT2D eigenvalue weighted by atomic mass is 9.95. The third kappa shape index (κ3) is 6.79. The first kappa shape index (κ1) is 23.7. The molecule has 2 aromatic carbocycles. The van der Waals surface area contributed by atoms with Crippen molar-refractivity contribution in [3.05, 3.63) is 89.1 Å². The molecular weight excluding hydrogens is 450 g/mol. The number of hydrogen-bond acceptors (Lipinski definition) is 4. The van der Waals surface area contributed by atoms with E-state index in [1.165, 1.54) is 11.8 Å². The molecule has 1 aromatic heterocycles. The predicted octanol–water partition coefficient (Wildman–Crippen LogP) is 5.02. The van der Waals surface area contributed by atoms with Crippen LogP contribution in [-0.4, -0.2) is 41.0 Å². The van der Waals surface area contributed by atoms with Gasteiger partial charge in [-0.1, -0.05) is 54.9 Å². The van der Waals surface area contributed by atoms with Crippen molar-refractivity contribution in [1.29, 1.82) is 0 Å². The van der Waals surface area contributed by atoms with E-state index in [2.05, 4.69) is 44.9 Å². The standard InChI is InChI=1S/C26H28ClN5O2/c1-18-12-23(17-32(15-18)16-19-6-3-2-4-7-19)30-26(34)29-22-9-5-8-20(13-22)25(33)31-24-11-10-21(27)14-28-24/h2-11,13-14,18,23H,12,15-17H2,1H3,(H,28,31,33)(H2,29,30,34). The fourth-order valence-electron chi connectivity index (χ4n) is 4.27. The molecule has 2 atom stereocenters. The van der Waals surface area contributed by atoms with E-state index in [0.717, 1.165) is 26.1 Å². The molecule has 1 aliphatic heterocycles. The Morgan fingerprint density at radius 3 is 2.62 bits per heavy atom. The summed E-state index contributed by atoms with van der Waals surface area (Å²) < 4.78 is 0. The number of nitrogens with one attached hydrogen (secondary N) is 3. The van der Waals surface area contributed by atoms with Crippen LogP contribution in [0, 0.1) is 5.92 Å². The summed E-state index contributed by atoms with van der Waals surface area (Å²) in [6.07, 6.45) is 2.39. The zero-order valence-corrected chi connectivity index (χ0v) is 19.8. The summed E-state index contributed by atoms with van der Waals surface area (Å²) in [4.78, 5) is 31.7. The van der Waals surface area contributed by atoms with E-state index in [9.17, 15) is 9.59 Å². The minimum absolute atomic E-state index is 0.0509. The first-order valence-electron chi connectivity index (χ1n) is 11.3. The van der Waals surface area contributed by atoms with Crippen LogP contribution >= 0.6 is 11.6 Å². The largest absolute Gasteiger partial charge is 0.334 e. The summed E-state index contributed by atoms with van der Waals surface area (Å²) >= 11 is 5.83. The number of rotatable bonds is 6. The number of hydrogen-bond donors (Lipinski definition) is 3. The van der Waals surface area contributed by atoms with Crippen molar-refractivity contribution < 1.29 is 9.59 Å². The fraction of sp³-hybridized carbons (Fsp3) is 0.269. The maximum Gasteiger partial charge on any atom is 0.319 e. The van der Waals surface area contributed by atoms with E-state index < -0.39 is 0 Å². The van der Waals surface area contributed by atoms with Crippen LogP contribution in [0.1, 0.15) is 29.3 Å². The van der Waals surface area contributed by atoms with Gasteiger partial charge in [0, 0.05) is 43.1 Å². The third-order valence-corrected chi connectivity index (χ3v) is 5.89. The number of aromatic nitrogens is 1. The molecule has 8 heteroatoms. The van der Waals surface area contributed by atoms with Crippen LogP contribution in [0.2, 0.25) is 5.02 Å². The van der Waals surface area contributed by atoms with Gasteiger partial charge in [-0.15, -0.1) is 0 Å². The lowest BCUT2D eigenvalue weighted by Crippen LogP contribution is -2.50. The summed E-state index contributed by atoms with van der Waals surface area (Å²) in [6, 6.07) is 20.2. The summed E-state index contributed by atoms with van der Waals surface area (Å²) in [6.45, 7) is 4.88. The normalized spacial score (nSPS) is 18.2. The summed E-state index contributed by atoms with van der Waals surface area (Å²) in [5.74, 6) is 0.560. The van der Waals surface area contributed by atoms with Gasteiger partial charge in [0.1, 0.15) is 5.82 Å². The minimum atomic E-state index is -0.323. The van der Waals surface area contributed by atoms with Gasteiger partial charge in [-0.25, -0.2) is 9.78 Å². The highest BCUT2D eigenvalue weighted by Crippen LogP contribution is 2.19. The molecule has 4 rings (SSSR count). The average molecular weight is 478 g/mol. The number of halogens is 1.